The van der Waals surface area contributed by atoms with Gasteiger partial charge in [0.25, 0.3) is 0 Å². The van der Waals surface area contributed by atoms with Gasteiger partial charge in [-0.05, 0) is 6.42 Å². The summed E-state index contributed by atoms with van der Waals surface area (Å²) in [6.45, 7) is 2.23. The zero-order valence-electron chi connectivity index (χ0n) is 11.0. The monoisotopic (exact) mass is 272 g/mol. The highest BCUT2D eigenvalue weighted by Gasteiger charge is 2.75. The van der Waals surface area contributed by atoms with E-state index in [-0.39, 0.29) is 13.2 Å². The maximum absolute atomic E-state index is 11.9. The lowest BCUT2D eigenvalue weighted by atomic mass is 9.81. The SMILES string of the molecule is CCCCC[C@]1(O)O[C@@H]2[C@@H](O)CO[C@@]23COC(=O)[C@H]31. The standard InChI is InChI=1S/C13H20O6/c1-2-3-4-5-13(16)9-11(15)17-7-12(9)10(19-13)8(14)6-18-12/h8-10,14,16H,2-7H2,1H3/t8-,9+,10+,12+,13-/m0/s1. The molecule has 3 rings (SSSR count). The summed E-state index contributed by atoms with van der Waals surface area (Å²) in [5, 5.41) is 20.6. The van der Waals surface area contributed by atoms with Crippen LogP contribution in [0.2, 0.25) is 0 Å². The predicted molar refractivity (Wildman–Crippen MR) is 63.1 cm³/mol. The van der Waals surface area contributed by atoms with Gasteiger partial charge in [-0.15, -0.1) is 0 Å². The molecule has 108 valence electrons. The van der Waals surface area contributed by atoms with Crippen molar-refractivity contribution in [3.63, 3.8) is 0 Å². The molecule has 0 bridgehead atoms. The van der Waals surface area contributed by atoms with E-state index in [1.807, 2.05) is 0 Å². The molecule has 3 aliphatic rings. The molecule has 0 saturated carbocycles. The van der Waals surface area contributed by atoms with E-state index in [4.69, 9.17) is 14.2 Å². The molecule has 19 heavy (non-hydrogen) atoms. The molecular weight excluding hydrogens is 252 g/mol. The maximum Gasteiger partial charge on any atom is 0.317 e. The minimum absolute atomic E-state index is 0.0499. The molecule has 3 heterocycles. The number of cyclic esters (lactones) is 1. The van der Waals surface area contributed by atoms with Crippen LogP contribution in [0, 0.1) is 5.92 Å². The summed E-state index contributed by atoms with van der Waals surface area (Å²) in [5.41, 5.74) is -1.00. The first kappa shape index (κ1) is 13.3. The van der Waals surface area contributed by atoms with Crippen molar-refractivity contribution in [3.8, 4) is 0 Å². The highest BCUT2D eigenvalue weighted by molar-refractivity contribution is 5.78. The van der Waals surface area contributed by atoms with Gasteiger partial charge in [0.1, 0.15) is 30.3 Å². The second kappa shape index (κ2) is 4.41. The average molecular weight is 272 g/mol. The quantitative estimate of drug-likeness (QED) is 0.551. The zero-order chi connectivity index (χ0) is 13.7. The lowest BCUT2D eigenvalue weighted by molar-refractivity contribution is -0.231. The molecular formula is C13H20O6. The minimum Gasteiger partial charge on any atom is -0.462 e. The van der Waals surface area contributed by atoms with E-state index in [0.717, 1.165) is 19.3 Å². The van der Waals surface area contributed by atoms with Gasteiger partial charge in [-0.25, -0.2) is 0 Å². The third-order valence-corrected chi connectivity index (χ3v) is 4.44. The summed E-state index contributed by atoms with van der Waals surface area (Å²) >= 11 is 0. The van der Waals surface area contributed by atoms with Crippen LogP contribution in [0.4, 0.5) is 0 Å². The number of hydrogen-bond acceptors (Lipinski definition) is 6. The Morgan fingerprint density at radius 1 is 1.42 bits per heavy atom. The average Bonchev–Trinajstić information content (AvgIpc) is 2.94. The van der Waals surface area contributed by atoms with Crippen molar-refractivity contribution in [3.05, 3.63) is 0 Å². The molecule has 0 aliphatic carbocycles. The molecule has 0 aromatic rings. The van der Waals surface area contributed by atoms with Gasteiger partial charge in [-0.2, -0.15) is 0 Å². The summed E-state index contributed by atoms with van der Waals surface area (Å²) in [7, 11) is 0. The van der Waals surface area contributed by atoms with Gasteiger partial charge in [-0.1, -0.05) is 19.8 Å². The fourth-order valence-corrected chi connectivity index (χ4v) is 3.52. The number of ether oxygens (including phenoxy) is 3. The van der Waals surface area contributed by atoms with E-state index >= 15 is 0 Å². The van der Waals surface area contributed by atoms with Crippen molar-refractivity contribution < 1.29 is 29.2 Å². The smallest absolute Gasteiger partial charge is 0.317 e. The van der Waals surface area contributed by atoms with E-state index in [0.29, 0.717) is 6.42 Å². The van der Waals surface area contributed by atoms with Crippen LogP contribution in [-0.4, -0.2) is 53.0 Å². The Balaban J connectivity index is 1.86. The van der Waals surface area contributed by atoms with Gasteiger partial charge in [0.2, 0.25) is 0 Å². The number of esters is 1. The summed E-state index contributed by atoms with van der Waals surface area (Å²) in [5.74, 6) is -2.91. The van der Waals surface area contributed by atoms with Crippen molar-refractivity contribution in [2.45, 2.75) is 56.2 Å². The molecule has 0 radical (unpaired) electrons. The summed E-state index contributed by atoms with van der Waals surface area (Å²) in [6, 6.07) is 0. The number of unbranched alkanes of at least 4 members (excludes halogenated alkanes) is 2. The van der Waals surface area contributed by atoms with Crippen LogP contribution in [0.15, 0.2) is 0 Å². The molecule has 5 atom stereocenters. The number of carbonyl (C=O) groups excluding carboxylic acids is 1. The van der Waals surface area contributed by atoms with Crippen LogP contribution in [-0.2, 0) is 19.0 Å². The minimum atomic E-state index is -1.57. The topological polar surface area (TPSA) is 85.2 Å². The number of aliphatic hydroxyl groups excluding tert-OH is 1. The van der Waals surface area contributed by atoms with Crippen molar-refractivity contribution in [2.24, 2.45) is 5.92 Å². The third kappa shape index (κ3) is 1.74. The van der Waals surface area contributed by atoms with Crippen molar-refractivity contribution >= 4 is 5.97 Å². The summed E-state index contributed by atoms with van der Waals surface area (Å²) < 4.78 is 16.3. The molecule has 3 aliphatic heterocycles. The summed E-state index contributed by atoms with van der Waals surface area (Å²) in [4.78, 5) is 11.9. The largest absolute Gasteiger partial charge is 0.462 e. The fourth-order valence-electron chi connectivity index (χ4n) is 3.52. The first-order valence-electron chi connectivity index (χ1n) is 6.92. The molecule has 0 aromatic carbocycles. The molecule has 0 amide bonds. The number of rotatable bonds is 4. The summed E-state index contributed by atoms with van der Waals surface area (Å²) in [6.07, 6.45) is 1.57. The third-order valence-electron chi connectivity index (χ3n) is 4.44. The van der Waals surface area contributed by atoms with Crippen LogP contribution < -0.4 is 0 Å². The molecule has 2 N–H and O–H groups in total. The second-order valence-electron chi connectivity index (χ2n) is 5.71. The normalized spacial score (nSPS) is 48.2. The van der Waals surface area contributed by atoms with Gasteiger partial charge >= 0.3 is 5.97 Å². The Hall–Kier alpha value is -0.690. The first-order valence-corrected chi connectivity index (χ1v) is 6.92. The molecule has 1 spiro atoms. The molecule has 6 nitrogen and oxygen atoms in total. The Morgan fingerprint density at radius 3 is 2.95 bits per heavy atom. The second-order valence-corrected chi connectivity index (χ2v) is 5.71. The number of aliphatic hydroxyl groups is 2. The highest BCUT2D eigenvalue weighted by Crippen LogP contribution is 2.54. The van der Waals surface area contributed by atoms with Gasteiger partial charge in [0.05, 0.1) is 6.61 Å². The number of hydrogen-bond donors (Lipinski definition) is 2. The molecule has 3 saturated heterocycles. The maximum atomic E-state index is 11.9. The highest BCUT2D eigenvalue weighted by atomic mass is 16.7. The van der Waals surface area contributed by atoms with Crippen molar-refractivity contribution in [1.82, 2.24) is 0 Å². The zero-order valence-corrected chi connectivity index (χ0v) is 11.0. The van der Waals surface area contributed by atoms with E-state index in [1.54, 1.807) is 0 Å². The predicted octanol–water partition coefficient (Wildman–Crippen LogP) is -0.0430. The van der Waals surface area contributed by atoms with E-state index in [2.05, 4.69) is 6.92 Å². The van der Waals surface area contributed by atoms with E-state index in [9.17, 15) is 15.0 Å². The fraction of sp³-hybridized carbons (Fsp3) is 0.923. The van der Waals surface area contributed by atoms with Crippen molar-refractivity contribution in [2.75, 3.05) is 13.2 Å². The Bertz CT molecular complexity index is 385. The van der Waals surface area contributed by atoms with Crippen molar-refractivity contribution in [1.29, 1.82) is 0 Å². The van der Waals surface area contributed by atoms with Crippen LogP contribution >= 0.6 is 0 Å². The lowest BCUT2D eigenvalue weighted by Crippen LogP contribution is -2.47. The first-order chi connectivity index (χ1) is 9.03. The van der Waals surface area contributed by atoms with Gasteiger partial charge in [0, 0.05) is 6.42 Å². The molecule has 0 aromatic heterocycles. The van der Waals surface area contributed by atoms with Gasteiger partial charge in [0.15, 0.2) is 5.79 Å². The Morgan fingerprint density at radius 2 is 2.21 bits per heavy atom. The van der Waals surface area contributed by atoms with E-state index in [1.165, 1.54) is 0 Å². The van der Waals surface area contributed by atoms with Gasteiger partial charge in [-0.3, -0.25) is 4.79 Å². The van der Waals surface area contributed by atoms with Crippen LogP contribution in [0.25, 0.3) is 0 Å². The van der Waals surface area contributed by atoms with Gasteiger partial charge < -0.3 is 24.4 Å². The van der Waals surface area contributed by atoms with Crippen LogP contribution in [0.3, 0.4) is 0 Å². The number of carbonyl (C=O) groups is 1. The lowest BCUT2D eigenvalue weighted by Gasteiger charge is -2.28. The molecule has 3 fully saturated rings. The van der Waals surface area contributed by atoms with E-state index < -0.39 is 35.5 Å². The van der Waals surface area contributed by atoms with Crippen LogP contribution in [0.1, 0.15) is 32.6 Å². The molecule has 6 heteroatoms. The Labute approximate surface area is 111 Å². The Kier molecular flexibility index (Phi) is 3.09. The van der Waals surface area contributed by atoms with Crippen LogP contribution in [0.5, 0.6) is 0 Å². The molecule has 0 unspecified atom stereocenters.